The average Bonchev–Trinajstić information content (AvgIpc) is 2.79. The van der Waals surface area contributed by atoms with Crippen LogP contribution < -0.4 is 4.74 Å². The molecule has 1 saturated heterocycles. The molecule has 6 nitrogen and oxygen atoms in total. The quantitative estimate of drug-likeness (QED) is 0.683. The monoisotopic (exact) mass is 302 g/mol. The summed E-state index contributed by atoms with van der Waals surface area (Å²) in [6.45, 7) is 0. The topological polar surface area (TPSA) is 79.2 Å². The van der Waals surface area contributed by atoms with E-state index in [0.29, 0.717) is 11.3 Å². The molecule has 2 aliphatic rings. The van der Waals surface area contributed by atoms with Crippen LogP contribution in [0.5, 0.6) is 11.5 Å². The summed E-state index contributed by atoms with van der Waals surface area (Å²) < 4.78 is 5.02. The Balaban J connectivity index is 1.80. The van der Waals surface area contributed by atoms with Gasteiger partial charge < -0.3 is 9.84 Å². The van der Waals surface area contributed by atoms with Gasteiger partial charge in [0.1, 0.15) is 0 Å². The molecule has 0 radical (unpaired) electrons. The van der Waals surface area contributed by atoms with Crippen LogP contribution >= 0.6 is 0 Å². The number of benzene rings is 1. The van der Waals surface area contributed by atoms with Crippen LogP contribution in [0, 0.1) is 11.8 Å². The van der Waals surface area contributed by atoms with Gasteiger partial charge in [-0.1, -0.05) is 12.8 Å². The van der Waals surface area contributed by atoms with Gasteiger partial charge in [-0.2, -0.15) is 10.1 Å². The van der Waals surface area contributed by atoms with E-state index in [4.69, 9.17) is 4.74 Å². The minimum Gasteiger partial charge on any atom is -0.504 e. The van der Waals surface area contributed by atoms with E-state index in [-0.39, 0.29) is 29.4 Å². The molecule has 22 heavy (non-hydrogen) atoms. The number of methoxy groups -OCH3 is 1. The molecular weight excluding hydrogens is 284 g/mol. The van der Waals surface area contributed by atoms with Crippen LogP contribution in [0.3, 0.4) is 0 Å². The van der Waals surface area contributed by atoms with Crippen LogP contribution in [-0.4, -0.2) is 35.3 Å². The smallest absolute Gasteiger partial charge is 0.253 e. The molecular formula is C16H18N2O4. The fraction of sp³-hybridized carbons (Fsp3) is 0.438. The molecule has 0 bridgehead atoms. The Kier molecular flexibility index (Phi) is 3.83. The molecule has 2 amide bonds. The molecule has 6 heteroatoms. The maximum atomic E-state index is 12.3. The summed E-state index contributed by atoms with van der Waals surface area (Å²) in [5.41, 5.74) is 0.644. The first-order valence-corrected chi connectivity index (χ1v) is 7.40. The zero-order chi connectivity index (χ0) is 15.7. The van der Waals surface area contributed by atoms with Gasteiger partial charge in [0.05, 0.1) is 25.2 Å². The number of phenolic OH excluding ortho intramolecular Hbond substituents is 1. The van der Waals surface area contributed by atoms with Crippen molar-refractivity contribution in [3.05, 3.63) is 23.8 Å². The van der Waals surface area contributed by atoms with E-state index >= 15 is 0 Å². The summed E-state index contributed by atoms with van der Waals surface area (Å²) in [5, 5.41) is 14.6. The van der Waals surface area contributed by atoms with E-state index in [2.05, 4.69) is 5.10 Å². The number of hydrogen-bond acceptors (Lipinski definition) is 5. The maximum Gasteiger partial charge on any atom is 0.253 e. The predicted octanol–water partition coefficient (Wildman–Crippen LogP) is 1.91. The number of nitrogens with zero attached hydrogens (tertiary/aromatic N) is 2. The highest BCUT2D eigenvalue weighted by Gasteiger charge is 2.48. The van der Waals surface area contributed by atoms with Gasteiger partial charge in [0.25, 0.3) is 11.8 Å². The number of aromatic hydroxyl groups is 1. The summed E-state index contributed by atoms with van der Waals surface area (Å²) in [6, 6.07) is 4.71. The second-order valence-corrected chi connectivity index (χ2v) is 5.66. The van der Waals surface area contributed by atoms with E-state index in [9.17, 15) is 14.7 Å². The standard InChI is InChI=1S/C16H18N2O4/c1-22-14-8-10(6-7-13(14)19)9-17-18-15(20)11-4-2-3-5-12(11)16(18)21/h6-9,11-12,19H,2-5H2,1H3/b17-9+. The SMILES string of the molecule is COc1cc(/C=N/N2C(=O)C3CCCCC3C2=O)ccc1O. The fourth-order valence-electron chi connectivity index (χ4n) is 3.16. The Hall–Kier alpha value is -2.37. The number of phenols is 1. The normalized spacial score (nSPS) is 24.9. The molecule has 1 aliphatic carbocycles. The maximum absolute atomic E-state index is 12.3. The van der Waals surface area contributed by atoms with Crippen molar-refractivity contribution >= 4 is 18.0 Å². The number of fused-ring (bicyclic) bond motifs is 1. The summed E-state index contributed by atoms with van der Waals surface area (Å²) in [7, 11) is 1.45. The van der Waals surface area contributed by atoms with Crippen molar-refractivity contribution in [1.29, 1.82) is 0 Å². The van der Waals surface area contributed by atoms with Gasteiger partial charge in [0.15, 0.2) is 11.5 Å². The molecule has 2 unspecified atom stereocenters. The Morgan fingerprint density at radius 3 is 2.45 bits per heavy atom. The van der Waals surface area contributed by atoms with Crippen LogP contribution in [-0.2, 0) is 9.59 Å². The number of rotatable bonds is 3. The Morgan fingerprint density at radius 2 is 1.86 bits per heavy atom. The molecule has 3 rings (SSSR count). The second-order valence-electron chi connectivity index (χ2n) is 5.66. The lowest BCUT2D eigenvalue weighted by Crippen LogP contribution is -2.25. The Labute approximate surface area is 128 Å². The molecule has 2 fully saturated rings. The van der Waals surface area contributed by atoms with Crippen LogP contribution in [0.15, 0.2) is 23.3 Å². The van der Waals surface area contributed by atoms with Crippen molar-refractivity contribution in [3.8, 4) is 11.5 Å². The molecule has 1 aromatic carbocycles. The number of hydrogen-bond donors (Lipinski definition) is 1. The summed E-state index contributed by atoms with van der Waals surface area (Å²) in [4.78, 5) is 24.6. The van der Waals surface area contributed by atoms with Gasteiger partial charge in [-0.15, -0.1) is 0 Å². The average molecular weight is 302 g/mol. The van der Waals surface area contributed by atoms with Crippen molar-refractivity contribution in [1.82, 2.24) is 5.01 Å². The van der Waals surface area contributed by atoms with Crippen molar-refractivity contribution in [2.45, 2.75) is 25.7 Å². The largest absolute Gasteiger partial charge is 0.504 e. The van der Waals surface area contributed by atoms with Crippen molar-refractivity contribution in [2.24, 2.45) is 16.9 Å². The fourth-order valence-corrected chi connectivity index (χ4v) is 3.16. The highest BCUT2D eigenvalue weighted by Crippen LogP contribution is 2.38. The number of hydrazone groups is 1. The van der Waals surface area contributed by atoms with Crippen LogP contribution in [0.1, 0.15) is 31.2 Å². The molecule has 0 spiro atoms. The number of carbonyl (C=O) groups excluding carboxylic acids is 2. The molecule has 1 heterocycles. The van der Waals surface area contributed by atoms with E-state index < -0.39 is 0 Å². The van der Waals surface area contributed by atoms with Gasteiger partial charge in [0, 0.05) is 0 Å². The van der Waals surface area contributed by atoms with E-state index in [1.807, 2.05) is 0 Å². The predicted molar refractivity (Wildman–Crippen MR) is 79.6 cm³/mol. The lowest BCUT2D eigenvalue weighted by atomic mass is 9.81. The Morgan fingerprint density at radius 1 is 1.23 bits per heavy atom. The molecule has 1 saturated carbocycles. The number of carbonyl (C=O) groups is 2. The number of ether oxygens (including phenoxy) is 1. The minimum absolute atomic E-state index is 0.0268. The van der Waals surface area contributed by atoms with E-state index in [0.717, 1.165) is 30.7 Å². The van der Waals surface area contributed by atoms with Gasteiger partial charge in [-0.3, -0.25) is 9.59 Å². The van der Waals surface area contributed by atoms with Crippen molar-refractivity contribution in [2.75, 3.05) is 7.11 Å². The summed E-state index contributed by atoms with van der Waals surface area (Å²) in [5.74, 6) is -0.454. The molecule has 116 valence electrons. The molecule has 1 aromatic rings. The lowest BCUT2D eigenvalue weighted by molar-refractivity contribution is -0.139. The zero-order valence-electron chi connectivity index (χ0n) is 12.4. The van der Waals surface area contributed by atoms with E-state index in [1.54, 1.807) is 12.1 Å². The highest BCUT2D eigenvalue weighted by atomic mass is 16.5. The van der Waals surface area contributed by atoms with Crippen molar-refractivity contribution < 1.29 is 19.4 Å². The van der Waals surface area contributed by atoms with Crippen LogP contribution in [0.25, 0.3) is 0 Å². The van der Waals surface area contributed by atoms with Gasteiger partial charge in [-0.05, 0) is 36.6 Å². The second kappa shape index (κ2) is 5.79. The van der Waals surface area contributed by atoms with Gasteiger partial charge in [0.2, 0.25) is 0 Å². The van der Waals surface area contributed by atoms with Gasteiger partial charge in [-0.25, -0.2) is 0 Å². The Bertz CT molecular complexity index is 617. The summed E-state index contributed by atoms with van der Waals surface area (Å²) >= 11 is 0. The minimum atomic E-state index is -0.201. The lowest BCUT2D eigenvalue weighted by Gasteiger charge is -2.19. The van der Waals surface area contributed by atoms with E-state index in [1.165, 1.54) is 19.4 Å². The summed E-state index contributed by atoms with van der Waals surface area (Å²) in [6.07, 6.45) is 4.97. The third-order valence-corrected chi connectivity index (χ3v) is 4.34. The van der Waals surface area contributed by atoms with Crippen molar-refractivity contribution in [3.63, 3.8) is 0 Å². The third kappa shape index (κ3) is 2.45. The zero-order valence-corrected chi connectivity index (χ0v) is 12.4. The molecule has 2 atom stereocenters. The van der Waals surface area contributed by atoms with Crippen LogP contribution in [0.2, 0.25) is 0 Å². The first-order valence-electron chi connectivity index (χ1n) is 7.40. The van der Waals surface area contributed by atoms with Gasteiger partial charge >= 0.3 is 0 Å². The number of amides is 2. The molecule has 1 aliphatic heterocycles. The van der Waals surface area contributed by atoms with Crippen LogP contribution in [0.4, 0.5) is 0 Å². The first kappa shape index (κ1) is 14.6. The number of imide groups is 1. The molecule has 0 aromatic heterocycles. The highest BCUT2D eigenvalue weighted by molar-refractivity contribution is 6.05. The molecule has 1 N–H and O–H groups in total. The first-order chi connectivity index (χ1) is 10.6. The third-order valence-electron chi connectivity index (χ3n) is 4.34.